The van der Waals surface area contributed by atoms with Crippen molar-refractivity contribution < 1.29 is 9.53 Å². The van der Waals surface area contributed by atoms with E-state index in [4.69, 9.17) is 4.74 Å². The number of rotatable bonds is 4. The van der Waals surface area contributed by atoms with Gasteiger partial charge in [-0.2, -0.15) is 4.98 Å². The van der Waals surface area contributed by atoms with Gasteiger partial charge in [-0.05, 0) is 25.0 Å². The summed E-state index contributed by atoms with van der Waals surface area (Å²) in [7, 11) is 1.56. The summed E-state index contributed by atoms with van der Waals surface area (Å²) >= 11 is 0. The highest BCUT2D eigenvalue weighted by atomic mass is 16.5. The SMILES string of the molecule is CCOC(=O)Cn1c(=O)c2c(nc3n2C[C@H](C)CN3c2ccccc2)n(C)c1=O. The van der Waals surface area contributed by atoms with Gasteiger partial charge in [0.15, 0.2) is 11.2 Å². The molecular formula is C20H23N5O4. The lowest BCUT2D eigenvalue weighted by Crippen LogP contribution is -2.42. The molecule has 1 aliphatic rings. The summed E-state index contributed by atoms with van der Waals surface area (Å²) in [5.41, 5.74) is 0.471. The zero-order valence-corrected chi connectivity index (χ0v) is 16.7. The van der Waals surface area contributed by atoms with Crippen molar-refractivity contribution in [2.24, 2.45) is 13.0 Å². The standard InChI is InChI=1S/C20H23N5O4/c1-4-29-15(26)12-25-18(27)16-17(22(3)20(25)28)21-19-23(10-13(2)11-24(16)19)14-8-6-5-7-9-14/h5-9,13H,4,10-12H2,1-3H3/t13-/m1/s1. The van der Waals surface area contributed by atoms with E-state index in [-0.39, 0.29) is 12.5 Å². The van der Waals surface area contributed by atoms with Gasteiger partial charge in [0.1, 0.15) is 6.54 Å². The van der Waals surface area contributed by atoms with E-state index in [1.165, 1.54) is 4.57 Å². The first-order valence-electron chi connectivity index (χ1n) is 9.60. The molecule has 0 saturated carbocycles. The normalized spacial score (nSPS) is 16.1. The van der Waals surface area contributed by atoms with Crippen LogP contribution in [0.5, 0.6) is 0 Å². The molecule has 152 valence electrons. The third-order valence-electron chi connectivity index (χ3n) is 5.10. The molecule has 9 nitrogen and oxygen atoms in total. The quantitative estimate of drug-likeness (QED) is 0.616. The first-order chi connectivity index (χ1) is 13.9. The molecule has 0 spiro atoms. The van der Waals surface area contributed by atoms with Crippen LogP contribution in [0.1, 0.15) is 13.8 Å². The molecule has 0 bridgehead atoms. The van der Waals surface area contributed by atoms with Gasteiger partial charge >= 0.3 is 11.7 Å². The van der Waals surface area contributed by atoms with Gasteiger partial charge in [0.2, 0.25) is 5.95 Å². The van der Waals surface area contributed by atoms with Crippen LogP contribution in [0.25, 0.3) is 11.2 Å². The first kappa shape index (κ1) is 19.0. The minimum absolute atomic E-state index is 0.182. The monoisotopic (exact) mass is 397 g/mol. The van der Waals surface area contributed by atoms with E-state index in [1.54, 1.807) is 14.0 Å². The Labute approximate surface area is 166 Å². The predicted octanol–water partition coefficient (Wildman–Crippen LogP) is 1.25. The highest BCUT2D eigenvalue weighted by molar-refractivity contribution is 5.77. The van der Waals surface area contributed by atoms with E-state index in [1.807, 2.05) is 39.8 Å². The molecule has 0 unspecified atom stereocenters. The largest absolute Gasteiger partial charge is 0.465 e. The molecule has 3 heterocycles. The summed E-state index contributed by atoms with van der Waals surface area (Å²) in [6.07, 6.45) is 0. The predicted molar refractivity (Wildman–Crippen MR) is 108 cm³/mol. The Morgan fingerprint density at radius 3 is 2.62 bits per heavy atom. The number of aromatic nitrogens is 4. The van der Waals surface area contributed by atoms with Crippen LogP contribution in [-0.2, 0) is 29.7 Å². The van der Waals surface area contributed by atoms with E-state index in [0.717, 1.165) is 16.8 Å². The van der Waals surface area contributed by atoms with Gasteiger partial charge in [-0.3, -0.25) is 14.2 Å². The van der Waals surface area contributed by atoms with Gasteiger partial charge in [0, 0.05) is 25.8 Å². The maximum Gasteiger partial charge on any atom is 0.333 e. The van der Waals surface area contributed by atoms with Gasteiger partial charge in [0.25, 0.3) is 5.56 Å². The number of carbonyl (C=O) groups is 1. The van der Waals surface area contributed by atoms with Gasteiger partial charge in [-0.25, -0.2) is 9.36 Å². The summed E-state index contributed by atoms with van der Waals surface area (Å²) < 4.78 is 9.00. The van der Waals surface area contributed by atoms with Crippen LogP contribution in [0, 0.1) is 5.92 Å². The van der Waals surface area contributed by atoms with Crippen molar-refractivity contribution >= 4 is 28.8 Å². The Kier molecular flexibility index (Phi) is 4.73. The van der Waals surface area contributed by atoms with Crippen molar-refractivity contribution in [3.63, 3.8) is 0 Å². The molecule has 0 radical (unpaired) electrons. The number of carbonyl (C=O) groups excluding carboxylic acids is 1. The molecule has 0 amide bonds. The minimum Gasteiger partial charge on any atom is -0.465 e. The summed E-state index contributed by atoms with van der Waals surface area (Å²) in [4.78, 5) is 44.5. The Morgan fingerprint density at radius 1 is 1.21 bits per heavy atom. The number of nitrogens with zero attached hydrogens (tertiary/aromatic N) is 5. The number of benzene rings is 1. The molecule has 29 heavy (non-hydrogen) atoms. The topological polar surface area (TPSA) is 91.4 Å². The zero-order valence-electron chi connectivity index (χ0n) is 16.7. The molecule has 0 aliphatic carbocycles. The Bertz CT molecular complexity index is 1190. The number of esters is 1. The average Bonchev–Trinajstić information content (AvgIpc) is 3.09. The minimum atomic E-state index is -0.622. The summed E-state index contributed by atoms with van der Waals surface area (Å²) in [6.45, 7) is 4.88. The van der Waals surface area contributed by atoms with E-state index >= 15 is 0 Å². The first-order valence-corrected chi connectivity index (χ1v) is 9.60. The molecule has 4 rings (SSSR count). The van der Waals surface area contributed by atoms with E-state index < -0.39 is 23.8 Å². The van der Waals surface area contributed by atoms with Crippen molar-refractivity contribution in [2.45, 2.75) is 26.9 Å². The van der Waals surface area contributed by atoms with Crippen molar-refractivity contribution in [2.75, 3.05) is 18.1 Å². The number of hydrogen-bond acceptors (Lipinski definition) is 6. The zero-order chi connectivity index (χ0) is 20.7. The highest BCUT2D eigenvalue weighted by Gasteiger charge is 2.30. The second-order valence-electron chi connectivity index (χ2n) is 7.28. The molecule has 9 heteroatoms. The summed E-state index contributed by atoms with van der Waals surface area (Å²) in [6, 6.07) is 9.81. The van der Waals surface area contributed by atoms with Crippen LogP contribution in [-0.4, -0.2) is 37.8 Å². The smallest absolute Gasteiger partial charge is 0.333 e. The molecule has 0 saturated heterocycles. The lowest BCUT2D eigenvalue weighted by atomic mass is 10.1. The van der Waals surface area contributed by atoms with Gasteiger partial charge < -0.3 is 14.2 Å². The number of anilines is 2. The second-order valence-corrected chi connectivity index (χ2v) is 7.28. The number of hydrogen-bond donors (Lipinski definition) is 0. The van der Waals surface area contributed by atoms with Crippen molar-refractivity contribution in [1.82, 2.24) is 18.7 Å². The molecule has 1 aromatic carbocycles. The van der Waals surface area contributed by atoms with Crippen molar-refractivity contribution in [3.05, 3.63) is 51.2 Å². The number of para-hydroxylation sites is 1. The van der Waals surface area contributed by atoms with E-state index in [0.29, 0.717) is 23.7 Å². The Hall–Kier alpha value is -3.36. The summed E-state index contributed by atoms with van der Waals surface area (Å²) in [5.74, 6) is 0.254. The molecule has 0 fully saturated rings. The van der Waals surface area contributed by atoms with Crippen LogP contribution in [0.4, 0.5) is 11.6 Å². The second kappa shape index (κ2) is 7.23. The van der Waals surface area contributed by atoms with Crippen LogP contribution >= 0.6 is 0 Å². The van der Waals surface area contributed by atoms with E-state index in [9.17, 15) is 14.4 Å². The third kappa shape index (κ3) is 3.12. The fourth-order valence-electron chi connectivity index (χ4n) is 3.81. The molecular weight excluding hydrogens is 374 g/mol. The van der Waals surface area contributed by atoms with Crippen molar-refractivity contribution in [1.29, 1.82) is 0 Å². The van der Waals surface area contributed by atoms with Crippen LogP contribution in [0.15, 0.2) is 39.9 Å². The average molecular weight is 397 g/mol. The lowest BCUT2D eigenvalue weighted by Gasteiger charge is -2.32. The molecule has 1 atom stereocenters. The number of imidazole rings is 1. The fraction of sp³-hybridized carbons (Fsp3) is 0.400. The number of ether oxygens (including phenoxy) is 1. The molecule has 2 aromatic heterocycles. The van der Waals surface area contributed by atoms with Crippen molar-refractivity contribution in [3.8, 4) is 0 Å². The molecule has 1 aliphatic heterocycles. The maximum absolute atomic E-state index is 13.2. The van der Waals surface area contributed by atoms with Crippen LogP contribution < -0.4 is 16.1 Å². The third-order valence-corrected chi connectivity index (χ3v) is 5.10. The Morgan fingerprint density at radius 2 is 1.93 bits per heavy atom. The molecule has 3 aromatic rings. The van der Waals surface area contributed by atoms with Gasteiger partial charge in [-0.15, -0.1) is 0 Å². The highest BCUT2D eigenvalue weighted by Crippen LogP contribution is 2.32. The van der Waals surface area contributed by atoms with Crippen LogP contribution in [0.3, 0.4) is 0 Å². The Balaban J connectivity index is 1.94. The van der Waals surface area contributed by atoms with Gasteiger partial charge in [-0.1, -0.05) is 25.1 Å². The fourth-order valence-corrected chi connectivity index (χ4v) is 3.81. The lowest BCUT2D eigenvalue weighted by molar-refractivity contribution is -0.143. The maximum atomic E-state index is 13.2. The van der Waals surface area contributed by atoms with Crippen LogP contribution in [0.2, 0.25) is 0 Å². The number of aryl methyl sites for hydroxylation is 1. The summed E-state index contributed by atoms with van der Waals surface area (Å²) in [5, 5.41) is 0. The van der Waals surface area contributed by atoms with E-state index in [2.05, 4.69) is 11.9 Å². The van der Waals surface area contributed by atoms with Gasteiger partial charge in [0.05, 0.1) is 6.61 Å². The molecule has 0 N–H and O–H groups in total. The number of fused-ring (bicyclic) bond motifs is 3.